The topological polar surface area (TPSA) is 121 Å². The quantitative estimate of drug-likeness (QED) is 0.328. The lowest BCUT2D eigenvalue weighted by molar-refractivity contribution is 0.0988. The van der Waals surface area contributed by atoms with Crippen molar-refractivity contribution in [2.24, 2.45) is 0 Å². The van der Waals surface area contributed by atoms with E-state index in [-0.39, 0.29) is 11.3 Å². The first-order valence-corrected chi connectivity index (χ1v) is 13.2. The summed E-state index contributed by atoms with van der Waals surface area (Å²) >= 11 is 0. The van der Waals surface area contributed by atoms with Gasteiger partial charge in [-0.05, 0) is 37.1 Å². The summed E-state index contributed by atoms with van der Waals surface area (Å²) in [5.74, 6) is 0.307. The Bertz CT molecular complexity index is 1520. The number of Topliss-reactive ketones (excluding diaryl/α,β-unsaturated/α-hetero) is 1. The molecule has 10 nitrogen and oxygen atoms in total. The third-order valence-electron chi connectivity index (χ3n) is 7.21. The third-order valence-corrected chi connectivity index (χ3v) is 7.21. The fraction of sp³-hybridized carbons (Fsp3) is 0.345. The molecule has 3 aromatic heterocycles. The largest absolute Gasteiger partial charge is 0.383 e. The van der Waals surface area contributed by atoms with Crippen molar-refractivity contribution in [1.29, 1.82) is 0 Å². The molecule has 0 aliphatic carbocycles. The Balaban J connectivity index is 1.40. The minimum absolute atomic E-state index is 0.000563. The van der Waals surface area contributed by atoms with Crippen molar-refractivity contribution in [3.63, 3.8) is 0 Å². The van der Waals surface area contributed by atoms with Gasteiger partial charge in [0.25, 0.3) is 5.56 Å². The first kappa shape index (κ1) is 26.5. The molecule has 5 rings (SSSR count). The summed E-state index contributed by atoms with van der Waals surface area (Å²) in [6, 6.07) is 12.3. The van der Waals surface area contributed by atoms with Gasteiger partial charge in [-0.3, -0.25) is 14.3 Å². The molecular formula is C29H33N7O3. The fourth-order valence-electron chi connectivity index (χ4n) is 4.91. The van der Waals surface area contributed by atoms with Gasteiger partial charge in [-0.2, -0.15) is 14.9 Å². The lowest BCUT2D eigenvalue weighted by atomic mass is 10.0. The second kappa shape index (κ2) is 11.7. The van der Waals surface area contributed by atoms with Gasteiger partial charge < -0.3 is 15.4 Å². The number of hydrogen-bond acceptors (Lipinski definition) is 8. The van der Waals surface area contributed by atoms with E-state index in [9.17, 15) is 9.59 Å². The van der Waals surface area contributed by atoms with E-state index < -0.39 is 0 Å². The molecule has 0 amide bonds. The van der Waals surface area contributed by atoms with Crippen LogP contribution in [0.1, 0.15) is 42.6 Å². The molecular weight excluding hydrogens is 494 g/mol. The van der Waals surface area contributed by atoms with Crippen LogP contribution in [0.5, 0.6) is 0 Å². The van der Waals surface area contributed by atoms with Crippen LogP contribution >= 0.6 is 0 Å². The molecule has 0 saturated carbocycles. The summed E-state index contributed by atoms with van der Waals surface area (Å²) in [6.45, 7) is 5.55. The maximum Gasteiger partial charge on any atom is 0.271 e. The van der Waals surface area contributed by atoms with E-state index in [1.807, 2.05) is 16.9 Å². The van der Waals surface area contributed by atoms with Gasteiger partial charge in [-0.25, -0.2) is 4.98 Å². The Morgan fingerprint density at radius 1 is 1.10 bits per heavy atom. The molecule has 0 radical (unpaired) electrons. The van der Waals surface area contributed by atoms with Crippen LogP contribution < -0.4 is 11.3 Å². The minimum atomic E-state index is -0.308. The van der Waals surface area contributed by atoms with Crippen molar-refractivity contribution < 1.29 is 9.53 Å². The maximum atomic E-state index is 12.7. The first-order chi connectivity index (χ1) is 19.0. The summed E-state index contributed by atoms with van der Waals surface area (Å²) in [5.41, 5.74) is 9.91. The Morgan fingerprint density at radius 3 is 2.69 bits per heavy atom. The van der Waals surface area contributed by atoms with Crippen molar-refractivity contribution in [2.75, 3.05) is 39.1 Å². The van der Waals surface area contributed by atoms with Crippen LogP contribution in [0.25, 0.3) is 28.1 Å². The number of pyridine rings is 1. The van der Waals surface area contributed by atoms with Crippen LogP contribution in [0, 0.1) is 0 Å². The van der Waals surface area contributed by atoms with Gasteiger partial charge in [0.2, 0.25) is 0 Å². The number of carbonyl (C=O) groups is 1. The Hall–Kier alpha value is -4.15. The van der Waals surface area contributed by atoms with Gasteiger partial charge >= 0.3 is 0 Å². The molecule has 39 heavy (non-hydrogen) atoms. The summed E-state index contributed by atoms with van der Waals surface area (Å²) in [7, 11) is 1.73. The number of carbonyl (C=O) groups excluding carboxylic acids is 1. The molecule has 0 unspecified atom stereocenters. The van der Waals surface area contributed by atoms with E-state index in [4.69, 9.17) is 10.5 Å². The second-order valence-electron chi connectivity index (χ2n) is 9.73. The lowest BCUT2D eigenvalue weighted by Gasteiger charge is -2.31. The molecule has 202 valence electrons. The molecule has 1 fully saturated rings. The highest BCUT2D eigenvalue weighted by Crippen LogP contribution is 2.30. The number of nitrogen functional groups attached to an aromatic ring is 1. The van der Waals surface area contributed by atoms with Crippen LogP contribution in [0.15, 0.2) is 65.8 Å². The number of nitrogens with zero attached hydrogens (tertiary/aromatic N) is 6. The SMILES string of the molecule is CCC(=O)c1cccc(-n2nc(-c3cc(-c4cnn(C5CCN(CCOC)CC5)c4)cnc3N)ccc2=O)c1. The Kier molecular flexibility index (Phi) is 7.94. The predicted octanol–water partition coefficient (Wildman–Crippen LogP) is 3.62. The van der Waals surface area contributed by atoms with Gasteiger partial charge in [0.1, 0.15) is 5.82 Å². The summed E-state index contributed by atoms with van der Waals surface area (Å²) in [5, 5.41) is 9.23. The zero-order valence-corrected chi connectivity index (χ0v) is 22.3. The van der Waals surface area contributed by atoms with Crippen LogP contribution in [0.4, 0.5) is 5.82 Å². The van der Waals surface area contributed by atoms with E-state index in [2.05, 4.69) is 26.3 Å². The van der Waals surface area contributed by atoms with Crippen LogP contribution in [-0.2, 0) is 4.74 Å². The second-order valence-corrected chi connectivity index (χ2v) is 9.73. The van der Waals surface area contributed by atoms with Gasteiger partial charge in [0.05, 0.1) is 30.2 Å². The summed E-state index contributed by atoms with van der Waals surface area (Å²) in [6.07, 6.45) is 8.07. The summed E-state index contributed by atoms with van der Waals surface area (Å²) < 4.78 is 8.53. The number of rotatable bonds is 9. The number of aromatic nitrogens is 5. The van der Waals surface area contributed by atoms with Crippen molar-refractivity contribution in [1.82, 2.24) is 29.4 Å². The van der Waals surface area contributed by atoms with E-state index >= 15 is 0 Å². The van der Waals surface area contributed by atoms with Crippen LogP contribution in [0.2, 0.25) is 0 Å². The van der Waals surface area contributed by atoms with E-state index in [1.165, 1.54) is 10.7 Å². The monoisotopic (exact) mass is 527 g/mol. The molecule has 4 aromatic rings. The smallest absolute Gasteiger partial charge is 0.271 e. The number of ketones is 1. The highest BCUT2D eigenvalue weighted by atomic mass is 16.5. The minimum Gasteiger partial charge on any atom is -0.383 e. The van der Waals surface area contributed by atoms with Crippen LogP contribution in [0.3, 0.4) is 0 Å². The zero-order chi connectivity index (χ0) is 27.4. The number of piperidine rings is 1. The van der Waals surface area contributed by atoms with Crippen molar-refractivity contribution in [2.45, 2.75) is 32.2 Å². The average molecular weight is 528 g/mol. The molecule has 2 N–H and O–H groups in total. The average Bonchev–Trinajstić information content (AvgIpc) is 3.47. The van der Waals surface area contributed by atoms with Gasteiger partial charge in [0, 0.05) is 73.9 Å². The van der Waals surface area contributed by atoms with Gasteiger partial charge in [-0.1, -0.05) is 19.1 Å². The summed E-state index contributed by atoms with van der Waals surface area (Å²) in [4.78, 5) is 31.7. The number of hydrogen-bond donors (Lipinski definition) is 1. The Labute approximate surface area is 227 Å². The third kappa shape index (κ3) is 5.81. The van der Waals surface area contributed by atoms with E-state index in [0.717, 1.165) is 50.2 Å². The number of ether oxygens (including phenoxy) is 1. The van der Waals surface area contributed by atoms with Gasteiger partial charge in [0.15, 0.2) is 5.78 Å². The van der Waals surface area contributed by atoms with E-state index in [1.54, 1.807) is 50.6 Å². The molecule has 0 bridgehead atoms. The number of benzene rings is 1. The molecule has 1 aliphatic rings. The molecule has 10 heteroatoms. The molecule has 1 aromatic carbocycles. The number of likely N-dealkylation sites (tertiary alicyclic amines) is 1. The molecule has 0 atom stereocenters. The van der Waals surface area contributed by atoms with Crippen molar-refractivity contribution >= 4 is 11.6 Å². The van der Waals surface area contributed by atoms with E-state index in [0.29, 0.717) is 40.8 Å². The van der Waals surface area contributed by atoms with Gasteiger partial charge in [-0.15, -0.1) is 0 Å². The zero-order valence-electron chi connectivity index (χ0n) is 22.3. The first-order valence-electron chi connectivity index (χ1n) is 13.2. The van der Waals surface area contributed by atoms with Crippen LogP contribution in [-0.4, -0.2) is 68.6 Å². The lowest BCUT2D eigenvalue weighted by Crippen LogP contribution is -2.36. The predicted molar refractivity (Wildman–Crippen MR) is 150 cm³/mol. The highest BCUT2D eigenvalue weighted by molar-refractivity contribution is 5.96. The molecule has 1 aliphatic heterocycles. The Morgan fingerprint density at radius 2 is 1.92 bits per heavy atom. The molecule has 0 spiro atoms. The normalized spacial score (nSPS) is 14.5. The van der Waals surface area contributed by atoms with Crippen molar-refractivity contribution in [3.05, 3.63) is 77.0 Å². The number of methoxy groups -OCH3 is 1. The highest BCUT2D eigenvalue weighted by Gasteiger charge is 2.21. The fourth-order valence-corrected chi connectivity index (χ4v) is 4.91. The van der Waals surface area contributed by atoms with Crippen molar-refractivity contribution in [3.8, 4) is 28.1 Å². The number of nitrogens with two attached hydrogens (primary N) is 1. The molecule has 1 saturated heterocycles. The standard InChI is InChI=1S/C29H33N7O3/c1-3-27(37)20-5-4-6-24(15-20)36-28(38)8-7-26(33-36)25-16-21(17-31-29(25)30)22-18-32-35(19-22)23-9-11-34(12-10-23)13-14-39-2/h4-8,15-19,23H,3,9-14H2,1-2H3,(H2,30,31). The molecule has 4 heterocycles. The number of anilines is 1. The maximum absolute atomic E-state index is 12.7.